The van der Waals surface area contributed by atoms with Gasteiger partial charge in [0.1, 0.15) is 12.5 Å². The minimum absolute atomic E-state index is 0.0801. The molecule has 2 saturated heterocycles. The summed E-state index contributed by atoms with van der Waals surface area (Å²) in [6, 6.07) is 3.99. The molecule has 28 heavy (non-hydrogen) atoms. The van der Waals surface area contributed by atoms with Crippen LogP contribution in [0.15, 0.2) is 34.4 Å². The molecule has 3 aliphatic heterocycles. The monoisotopic (exact) mass is 461 g/mol. The molecule has 1 amide bonds. The molecular weight excluding hydrogens is 443 g/mol. The largest absolute Gasteiger partial charge is 0.418 e. The molecule has 2 fully saturated rings. The number of alkyl halides is 3. The fourth-order valence-electron chi connectivity index (χ4n) is 3.57. The highest BCUT2D eigenvalue weighted by molar-refractivity contribution is 9.10. The maximum atomic E-state index is 13.5. The van der Waals surface area contributed by atoms with Crippen molar-refractivity contribution in [3.63, 3.8) is 0 Å². The first-order valence-corrected chi connectivity index (χ1v) is 9.57. The van der Waals surface area contributed by atoms with Crippen LogP contribution < -0.4 is 21.1 Å². The van der Waals surface area contributed by atoms with E-state index >= 15 is 0 Å². The molecule has 1 aromatic rings. The fraction of sp³-hybridized carbons (Fsp3) is 0.471. The summed E-state index contributed by atoms with van der Waals surface area (Å²) in [5.41, 5.74) is 2.40. The molecule has 1 aromatic carbocycles. The van der Waals surface area contributed by atoms with Gasteiger partial charge in [0.05, 0.1) is 30.0 Å². The van der Waals surface area contributed by atoms with Gasteiger partial charge >= 0.3 is 6.18 Å². The van der Waals surface area contributed by atoms with Crippen molar-refractivity contribution in [1.82, 2.24) is 21.0 Å². The number of nitrogens with zero attached hydrogens (tertiary/aromatic N) is 2. The number of carbonyl (C=O) groups excluding carboxylic acids is 1. The van der Waals surface area contributed by atoms with E-state index in [4.69, 9.17) is 4.74 Å². The predicted octanol–water partition coefficient (Wildman–Crippen LogP) is 1.73. The van der Waals surface area contributed by atoms with Crippen molar-refractivity contribution in [3.8, 4) is 0 Å². The number of halogens is 4. The van der Waals surface area contributed by atoms with Crippen LogP contribution in [0, 0.1) is 0 Å². The van der Waals surface area contributed by atoms with Crippen LogP contribution in [0.4, 0.5) is 18.9 Å². The van der Waals surface area contributed by atoms with Gasteiger partial charge in [0.2, 0.25) is 0 Å². The molecule has 0 aliphatic carbocycles. The van der Waals surface area contributed by atoms with E-state index in [1.54, 1.807) is 0 Å². The molecule has 3 atom stereocenters. The fourth-order valence-corrected chi connectivity index (χ4v) is 3.93. The molecule has 0 spiro atoms. The van der Waals surface area contributed by atoms with E-state index < -0.39 is 24.2 Å². The Hall–Kier alpha value is -1.66. The van der Waals surface area contributed by atoms with Crippen molar-refractivity contribution >= 4 is 27.5 Å². The molecule has 0 saturated carbocycles. The van der Waals surface area contributed by atoms with Crippen LogP contribution in [-0.4, -0.2) is 49.1 Å². The van der Waals surface area contributed by atoms with Crippen molar-refractivity contribution in [2.24, 2.45) is 0 Å². The number of amides is 1. The lowest BCUT2D eigenvalue weighted by Gasteiger charge is -2.43. The Kier molecular flexibility index (Phi) is 5.12. The van der Waals surface area contributed by atoms with Crippen LogP contribution in [0.1, 0.15) is 12.5 Å². The Bertz CT molecular complexity index is 818. The molecule has 3 heterocycles. The van der Waals surface area contributed by atoms with Gasteiger partial charge in [-0.3, -0.25) is 20.0 Å². The molecule has 3 aliphatic rings. The van der Waals surface area contributed by atoms with Crippen molar-refractivity contribution in [2.45, 2.75) is 31.6 Å². The van der Waals surface area contributed by atoms with Gasteiger partial charge in [0, 0.05) is 23.3 Å². The standard InChI is InChI=1S/C17H19BrF3N5O2/c1-9-8-28-5-4-25(9)16-22-14-11(15(27)23-16)7-26(24-14)13-3-2-10(18)6-12(13)17(19,20)21/h2-3,6-7,9,14,16,22,24H,4-5,8H2,1H3,(H,23,27)/t9-,14?,16?/m1/s1. The Morgan fingerprint density at radius 1 is 1.32 bits per heavy atom. The minimum atomic E-state index is -4.53. The normalized spacial score (nSPS) is 28.8. The Morgan fingerprint density at radius 2 is 2.11 bits per heavy atom. The van der Waals surface area contributed by atoms with Crippen molar-refractivity contribution in [1.29, 1.82) is 0 Å². The molecule has 3 N–H and O–H groups in total. The highest BCUT2D eigenvalue weighted by Crippen LogP contribution is 2.39. The second-order valence-electron chi connectivity index (χ2n) is 6.88. The summed E-state index contributed by atoms with van der Waals surface area (Å²) in [6.07, 6.45) is -4.18. The smallest absolute Gasteiger partial charge is 0.379 e. The molecule has 0 bridgehead atoms. The first-order valence-electron chi connectivity index (χ1n) is 8.78. The minimum Gasteiger partial charge on any atom is -0.379 e. The number of anilines is 1. The SMILES string of the molecule is C[C@@H]1COCCN1C1NC(=O)C2=CN(c3ccc(Br)cc3C(F)(F)F)NC2N1. The summed E-state index contributed by atoms with van der Waals surface area (Å²) in [7, 11) is 0. The summed E-state index contributed by atoms with van der Waals surface area (Å²) in [5, 5.41) is 7.35. The Balaban J connectivity index is 1.58. The molecule has 7 nitrogen and oxygen atoms in total. The summed E-state index contributed by atoms with van der Waals surface area (Å²) >= 11 is 3.08. The molecule has 0 radical (unpaired) electrons. The van der Waals surface area contributed by atoms with Gasteiger partial charge in [-0.2, -0.15) is 13.2 Å². The molecule has 0 aromatic heterocycles. The maximum absolute atomic E-state index is 13.5. The number of rotatable bonds is 2. The second kappa shape index (κ2) is 7.30. The van der Waals surface area contributed by atoms with E-state index in [-0.39, 0.29) is 17.6 Å². The molecule has 11 heteroatoms. The predicted molar refractivity (Wildman–Crippen MR) is 98.7 cm³/mol. The Labute approximate surface area is 168 Å². The first kappa shape index (κ1) is 19.6. The number of benzene rings is 1. The van der Waals surface area contributed by atoms with Crippen LogP contribution in [0.5, 0.6) is 0 Å². The van der Waals surface area contributed by atoms with Gasteiger partial charge < -0.3 is 10.1 Å². The van der Waals surface area contributed by atoms with E-state index in [1.165, 1.54) is 23.3 Å². The summed E-state index contributed by atoms with van der Waals surface area (Å²) < 4.78 is 46.1. The number of hydrogen-bond donors (Lipinski definition) is 3. The van der Waals surface area contributed by atoms with Gasteiger partial charge in [-0.1, -0.05) is 15.9 Å². The van der Waals surface area contributed by atoms with E-state index in [1.807, 2.05) is 6.92 Å². The number of carbonyl (C=O) groups is 1. The van der Waals surface area contributed by atoms with Crippen LogP contribution in [0.2, 0.25) is 0 Å². The van der Waals surface area contributed by atoms with Crippen molar-refractivity contribution < 1.29 is 22.7 Å². The summed E-state index contributed by atoms with van der Waals surface area (Å²) in [6.45, 7) is 3.73. The van der Waals surface area contributed by atoms with E-state index in [0.29, 0.717) is 29.8 Å². The van der Waals surface area contributed by atoms with E-state index in [9.17, 15) is 18.0 Å². The zero-order valence-corrected chi connectivity index (χ0v) is 16.5. The van der Waals surface area contributed by atoms with Gasteiger partial charge in [-0.25, -0.2) is 5.43 Å². The lowest BCUT2D eigenvalue weighted by molar-refractivity contribution is -0.137. The van der Waals surface area contributed by atoms with Crippen molar-refractivity contribution in [3.05, 3.63) is 40.0 Å². The second-order valence-corrected chi connectivity index (χ2v) is 7.80. The third-order valence-electron chi connectivity index (χ3n) is 4.98. The third kappa shape index (κ3) is 3.64. The average molecular weight is 462 g/mol. The number of nitrogens with one attached hydrogen (secondary N) is 3. The highest BCUT2D eigenvalue weighted by Gasteiger charge is 2.42. The van der Waals surface area contributed by atoms with Crippen molar-refractivity contribution in [2.75, 3.05) is 24.8 Å². The number of hydrogen-bond acceptors (Lipinski definition) is 6. The Morgan fingerprint density at radius 3 is 2.82 bits per heavy atom. The topological polar surface area (TPSA) is 68.9 Å². The van der Waals surface area contributed by atoms with Gasteiger partial charge in [0.25, 0.3) is 5.91 Å². The van der Waals surface area contributed by atoms with Crippen LogP contribution in [0.25, 0.3) is 0 Å². The lowest BCUT2D eigenvalue weighted by Crippen LogP contribution is -2.69. The number of fused-ring (bicyclic) bond motifs is 1. The van der Waals surface area contributed by atoms with E-state index in [2.05, 4.69) is 36.9 Å². The quantitative estimate of drug-likeness (QED) is 0.623. The van der Waals surface area contributed by atoms with Crippen LogP contribution in [-0.2, 0) is 15.7 Å². The molecular formula is C17H19BrF3N5O2. The summed E-state index contributed by atoms with van der Waals surface area (Å²) in [4.78, 5) is 14.6. The molecule has 4 rings (SSSR count). The number of morpholine rings is 1. The van der Waals surface area contributed by atoms with Gasteiger partial charge in [-0.15, -0.1) is 0 Å². The molecule has 152 valence electrons. The lowest BCUT2D eigenvalue weighted by atomic mass is 10.1. The maximum Gasteiger partial charge on any atom is 0.418 e. The highest BCUT2D eigenvalue weighted by atomic mass is 79.9. The molecule has 2 unspecified atom stereocenters. The number of hydrazine groups is 1. The zero-order valence-electron chi connectivity index (χ0n) is 14.9. The van der Waals surface area contributed by atoms with Gasteiger partial charge in [0.15, 0.2) is 0 Å². The summed E-state index contributed by atoms with van der Waals surface area (Å²) in [5.74, 6) is -0.326. The third-order valence-corrected chi connectivity index (χ3v) is 5.47. The van der Waals surface area contributed by atoms with Crippen LogP contribution >= 0.6 is 15.9 Å². The first-order chi connectivity index (χ1) is 13.2. The zero-order chi connectivity index (χ0) is 20.1. The van der Waals surface area contributed by atoms with Gasteiger partial charge in [-0.05, 0) is 25.1 Å². The van der Waals surface area contributed by atoms with E-state index in [0.717, 1.165) is 6.07 Å². The average Bonchev–Trinajstić information content (AvgIpc) is 3.06. The van der Waals surface area contributed by atoms with Crippen LogP contribution in [0.3, 0.4) is 0 Å². The number of ether oxygens (including phenoxy) is 1.